The molecule has 0 spiro atoms. The first kappa shape index (κ1) is 20.4. The number of hydrogen-bond donors (Lipinski definition) is 1. The summed E-state index contributed by atoms with van der Waals surface area (Å²) < 4.78 is 60.5. The van der Waals surface area contributed by atoms with Gasteiger partial charge in [0, 0.05) is 25.2 Å². The molecule has 0 saturated carbocycles. The summed E-state index contributed by atoms with van der Waals surface area (Å²) in [4.78, 5) is 9.81. The lowest BCUT2D eigenvalue weighted by atomic mass is 10.0. The van der Waals surface area contributed by atoms with Gasteiger partial charge in [-0.2, -0.15) is 0 Å². The Kier molecular flexibility index (Phi) is 6.70. The quantitative estimate of drug-likeness (QED) is 0.728. The molecule has 0 aliphatic carbocycles. The molecule has 1 unspecified atom stereocenters. The first-order valence-electron chi connectivity index (χ1n) is 7.92. The van der Waals surface area contributed by atoms with Gasteiger partial charge < -0.3 is 14.4 Å². The largest absolute Gasteiger partial charge is 0.472 e. The minimum Gasteiger partial charge on any atom is -0.382 e. The van der Waals surface area contributed by atoms with Crippen LogP contribution in [0.25, 0.3) is 0 Å². The standard InChI is InChI=1S/C16H23F2O6P/c1-9(2)23-25(19,20)24-15-7-14(22-16(15)8-21-4)11-5-10(3)12(17)6-13(11)18/h5-6,9,14-16H,7-8H2,1-4H3,(H,19,20)/t14-,15+,16-/m1/s1. The maximum absolute atomic E-state index is 14.1. The van der Waals surface area contributed by atoms with Crippen LogP contribution in [0.1, 0.15) is 37.5 Å². The Balaban J connectivity index is 2.20. The Morgan fingerprint density at radius 1 is 1.36 bits per heavy atom. The summed E-state index contributed by atoms with van der Waals surface area (Å²) >= 11 is 0. The third kappa shape index (κ3) is 5.29. The van der Waals surface area contributed by atoms with Crippen LogP contribution in [0.2, 0.25) is 0 Å². The van der Waals surface area contributed by atoms with E-state index in [1.54, 1.807) is 13.8 Å². The average Bonchev–Trinajstić information content (AvgIpc) is 2.83. The van der Waals surface area contributed by atoms with Gasteiger partial charge >= 0.3 is 7.82 Å². The molecule has 1 aromatic carbocycles. The lowest BCUT2D eigenvalue weighted by Gasteiger charge is -2.21. The van der Waals surface area contributed by atoms with E-state index < -0.39 is 43.9 Å². The van der Waals surface area contributed by atoms with Crippen molar-refractivity contribution in [3.8, 4) is 0 Å². The number of aryl methyl sites for hydroxylation is 1. The Hall–Kier alpha value is -0.890. The molecular weight excluding hydrogens is 357 g/mol. The van der Waals surface area contributed by atoms with Gasteiger partial charge in [-0.25, -0.2) is 13.3 Å². The van der Waals surface area contributed by atoms with Crippen molar-refractivity contribution in [1.29, 1.82) is 0 Å². The smallest absolute Gasteiger partial charge is 0.382 e. The van der Waals surface area contributed by atoms with E-state index >= 15 is 0 Å². The number of hydrogen-bond acceptors (Lipinski definition) is 5. The highest BCUT2D eigenvalue weighted by Gasteiger charge is 2.42. The van der Waals surface area contributed by atoms with Gasteiger partial charge in [-0.1, -0.05) is 0 Å². The second-order valence-electron chi connectivity index (χ2n) is 6.24. The zero-order chi connectivity index (χ0) is 18.8. The van der Waals surface area contributed by atoms with E-state index in [0.717, 1.165) is 6.07 Å². The summed E-state index contributed by atoms with van der Waals surface area (Å²) in [7, 11) is -2.85. The van der Waals surface area contributed by atoms with Crippen molar-refractivity contribution in [2.24, 2.45) is 0 Å². The van der Waals surface area contributed by atoms with Crippen molar-refractivity contribution in [3.05, 3.63) is 34.9 Å². The Morgan fingerprint density at radius 3 is 2.64 bits per heavy atom. The second-order valence-corrected chi connectivity index (χ2v) is 7.60. The van der Waals surface area contributed by atoms with Crippen LogP contribution in [-0.2, 0) is 23.1 Å². The summed E-state index contributed by atoms with van der Waals surface area (Å²) in [6.07, 6.45) is -2.65. The molecule has 1 fully saturated rings. The monoisotopic (exact) mass is 380 g/mol. The van der Waals surface area contributed by atoms with E-state index in [4.69, 9.17) is 18.5 Å². The van der Waals surface area contributed by atoms with Gasteiger partial charge in [0.05, 0.1) is 18.8 Å². The topological polar surface area (TPSA) is 74.2 Å². The van der Waals surface area contributed by atoms with E-state index in [0.29, 0.717) is 0 Å². The number of rotatable bonds is 7. The van der Waals surface area contributed by atoms with E-state index in [1.807, 2.05) is 0 Å². The van der Waals surface area contributed by atoms with Crippen molar-refractivity contribution >= 4 is 7.82 Å². The molecule has 0 aromatic heterocycles. The minimum absolute atomic E-state index is 0.0879. The molecular formula is C16H23F2O6P. The van der Waals surface area contributed by atoms with Gasteiger partial charge in [0.25, 0.3) is 0 Å². The number of benzene rings is 1. The third-order valence-corrected chi connectivity index (χ3v) is 4.99. The van der Waals surface area contributed by atoms with Gasteiger partial charge in [0.15, 0.2) is 0 Å². The SMILES string of the molecule is COC[C@H]1O[C@@H](c2cc(C)c(F)cc2F)C[C@@H]1OP(=O)(O)OC(C)C. The number of phosphoric acid groups is 1. The van der Waals surface area contributed by atoms with Crippen LogP contribution in [0, 0.1) is 18.6 Å². The molecule has 0 amide bonds. The molecule has 0 radical (unpaired) electrons. The number of halogens is 2. The van der Waals surface area contributed by atoms with Gasteiger partial charge in [-0.15, -0.1) is 0 Å². The highest BCUT2D eigenvalue weighted by atomic mass is 31.2. The van der Waals surface area contributed by atoms with E-state index in [-0.39, 0.29) is 24.2 Å². The van der Waals surface area contributed by atoms with Crippen molar-refractivity contribution < 1.29 is 36.8 Å². The Morgan fingerprint density at radius 2 is 2.04 bits per heavy atom. The number of ether oxygens (including phenoxy) is 2. The zero-order valence-corrected chi connectivity index (χ0v) is 15.5. The normalized spacial score (nSPS) is 26.2. The second kappa shape index (κ2) is 8.20. The third-order valence-electron chi connectivity index (χ3n) is 3.77. The molecule has 0 bridgehead atoms. The molecule has 1 heterocycles. The molecule has 142 valence electrons. The van der Waals surface area contributed by atoms with E-state index in [2.05, 4.69) is 0 Å². The fourth-order valence-corrected chi connectivity index (χ4v) is 3.87. The maximum Gasteiger partial charge on any atom is 0.472 e. The molecule has 6 nitrogen and oxygen atoms in total. The number of phosphoric ester groups is 1. The predicted octanol–water partition coefficient (Wildman–Crippen LogP) is 3.66. The van der Waals surface area contributed by atoms with Crippen molar-refractivity contribution in [3.63, 3.8) is 0 Å². The zero-order valence-electron chi connectivity index (χ0n) is 14.6. The van der Waals surface area contributed by atoms with Crippen LogP contribution in [0.15, 0.2) is 12.1 Å². The summed E-state index contributed by atoms with van der Waals surface area (Å²) in [6.45, 7) is 4.81. The summed E-state index contributed by atoms with van der Waals surface area (Å²) in [5.74, 6) is -1.39. The first-order chi connectivity index (χ1) is 11.6. The Bertz CT molecular complexity index is 654. The van der Waals surface area contributed by atoms with Crippen LogP contribution in [0.3, 0.4) is 0 Å². The van der Waals surface area contributed by atoms with Crippen molar-refractivity contribution in [2.45, 2.75) is 51.6 Å². The lowest BCUT2D eigenvalue weighted by Crippen LogP contribution is -2.28. The fraction of sp³-hybridized carbons (Fsp3) is 0.625. The molecule has 25 heavy (non-hydrogen) atoms. The summed E-state index contributed by atoms with van der Waals surface area (Å²) in [6, 6.07) is 2.16. The van der Waals surface area contributed by atoms with Gasteiger partial charge in [0.2, 0.25) is 0 Å². The summed E-state index contributed by atoms with van der Waals surface area (Å²) in [5, 5.41) is 0. The average molecular weight is 380 g/mol. The maximum atomic E-state index is 14.1. The van der Waals surface area contributed by atoms with Crippen molar-refractivity contribution in [1.82, 2.24) is 0 Å². The van der Waals surface area contributed by atoms with E-state index in [9.17, 15) is 18.2 Å². The van der Waals surface area contributed by atoms with Crippen LogP contribution in [-0.4, -0.2) is 36.9 Å². The summed E-state index contributed by atoms with van der Waals surface area (Å²) in [5.41, 5.74) is 0.451. The van der Waals surface area contributed by atoms with Crippen LogP contribution in [0.4, 0.5) is 8.78 Å². The molecule has 1 aromatic rings. The minimum atomic E-state index is -4.30. The fourth-order valence-electron chi connectivity index (χ4n) is 2.73. The van der Waals surface area contributed by atoms with Crippen LogP contribution >= 0.6 is 7.82 Å². The highest BCUT2D eigenvalue weighted by molar-refractivity contribution is 7.47. The van der Waals surface area contributed by atoms with Gasteiger partial charge in [-0.3, -0.25) is 9.05 Å². The molecule has 1 saturated heterocycles. The molecule has 1 aliphatic heterocycles. The lowest BCUT2D eigenvalue weighted by molar-refractivity contribution is -0.0368. The molecule has 1 aliphatic rings. The molecule has 2 rings (SSSR count). The van der Waals surface area contributed by atoms with Crippen LogP contribution < -0.4 is 0 Å². The molecule has 1 N–H and O–H groups in total. The highest BCUT2D eigenvalue weighted by Crippen LogP contribution is 2.50. The predicted molar refractivity (Wildman–Crippen MR) is 86.1 cm³/mol. The molecule has 9 heteroatoms. The van der Waals surface area contributed by atoms with Crippen LogP contribution in [0.5, 0.6) is 0 Å². The van der Waals surface area contributed by atoms with Gasteiger partial charge in [0.1, 0.15) is 23.8 Å². The first-order valence-corrected chi connectivity index (χ1v) is 9.42. The number of methoxy groups -OCH3 is 1. The molecule has 4 atom stereocenters. The van der Waals surface area contributed by atoms with Gasteiger partial charge in [-0.05, 0) is 32.4 Å². The van der Waals surface area contributed by atoms with Crippen molar-refractivity contribution in [2.75, 3.05) is 13.7 Å². The van der Waals surface area contributed by atoms with E-state index in [1.165, 1.54) is 20.1 Å². The Labute approximate surface area is 145 Å².